The molecule has 0 bridgehead atoms. The molecule has 3 heteroatoms. The number of fused-ring (bicyclic) bond motifs is 8. The summed E-state index contributed by atoms with van der Waals surface area (Å²) < 4.78 is 5.07. The molecular weight excluding hydrogens is 733 g/mol. The molecule has 0 unspecified atom stereocenters. The van der Waals surface area contributed by atoms with Crippen LogP contribution in [0.25, 0.3) is 85.9 Å². The highest BCUT2D eigenvalue weighted by atomic mass is 32.1. The largest absolute Gasteiger partial charge is 0.314 e. The predicted molar refractivity (Wildman–Crippen MR) is 254 cm³/mol. The maximum Gasteiger partial charge on any atom is 0.0547 e. The van der Waals surface area contributed by atoms with Gasteiger partial charge in [-0.25, -0.2) is 0 Å². The fourth-order valence-corrected chi connectivity index (χ4v) is 10.5. The number of anilines is 2. The van der Waals surface area contributed by atoms with Gasteiger partial charge in [-0.1, -0.05) is 133 Å². The van der Waals surface area contributed by atoms with Crippen LogP contribution in [-0.2, 0) is 0 Å². The maximum absolute atomic E-state index is 2.47. The van der Waals surface area contributed by atoms with Crippen molar-refractivity contribution in [3.8, 4) is 16.8 Å². The van der Waals surface area contributed by atoms with Gasteiger partial charge in [-0.05, 0) is 129 Å². The van der Waals surface area contributed by atoms with Gasteiger partial charge in [0.05, 0.1) is 11.0 Å². The van der Waals surface area contributed by atoms with Crippen LogP contribution in [0, 0.1) is 0 Å². The average molecular weight is 771 g/mol. The number of hydrogen-bond acceptors (Lipinski definition) is 2. The van der Waals surface area contributed by atoms with Gasteiger partial charge < -0.3 is 9.47 Å². The zero-order chi connectivity index (χ0) is 38.9. The minimum Gasteiger partial charge on any atom is -0.314 e. The SMILES string of the molecule is C1=C(c2ccc(-n3c4ccccc4c4cc5ccccc5cc43)cc2)CCC(N(c2ccc(-c3cccc4ccccc34)cc2)c2ccc3sc4ccccc4c3c2)=C1. The molecule has 0 aliphatic heterocycles. The van der Waals surface area contributed by atoms with E-state index in [1.165, 1.54) is 109 Å². The summed E-state index contributed by atoms with van der Waals surface area (Å²) in [4.78, 5) is 2.47. The first-order chi connectivity index (χ1) is 29.2. The zero-order valence-corrected chi connectivity index (χ0v) is 33.2. The second kappa shape index (κ2) is 13.7. The van der Waals surface area contributed by atoms with Crippen molar-refractivity contribution in [2.24, 2.45) is 0 Å². The topological polar surface area (TPSA) is 8.17 Å². The van der Waals surface area contributed by atoms with E-state index in [-0.39, 0.29) is 0 Å². The highest BCUT2D eigenvalue weighted by Crippen LogP contribution is 2.42. The lowest BCUT2D eigenvalue weighted by atomic mass is 9.94. The van der Waals surface area contributed by atoms with Crippen LogP contribution < -0.4 is 4.90 Å². The monoisotopic (exact) mass is 770 g/mol. The van der Waals surface area contributed by atoms with Gasteiger partial charge in [-0.2, -0.15) is 0 Å². The highest BCUT2D eigenvalue weighted by molar-refractivity contribution is 7.25. The number of aromatic nitrogens is 1. The van der Waals surface area contributed by atoms with Crippen molar-refractivity contribution in [3.63, 3.8) is 0 Å². The number of nitrogens with zero attached hydrogens (tertiary/aromatic N) is 2. The van der Waals surface area contributed by atoms with E-state index in [0.29, 0.717) is 0 Å². The number of hydrogen-bond donors (Lipinski definition) is 0. The smallest absolute Gasteiger partial charge is 0.0547 e. The van der Waals surface area contributed by atoms with Gasteiger partial charge in [0.15, 0.2) is 0 Å². The highest BCUT2D eigenvalue weighted by Gasteiger charge is 2.20. The molecule has 0 spiro atoms. The fraction of sp³-hybridized carbons (Fsp3) is 0.0357. The van der Waals surface area contributed by atoms with Crippen LogP contribution in [0.3, 0.4) is 0 Å². The van der Waals surface area contributed by atoms with Crippen molar-refractivity contribution < 1.29 is 0 Å². The van der Waals surface area contributed by atoms with E-state index >= 15 is 0 Å². The van der Waals surface area contributed by atoms with Crippen molar-refractivity contribution in [1.82, 2.24) is 4.57 Å². The molecule has 9 aromatic carbocycles. The molecule has 1 aliphatic rings. The number of benzene rings is 9. The van der Waals surface area contributed by atoms with Crippen molar-refractivity contribution in [1.29, 1.82) is 0 Å². The Morgan fingerprint density at radius 3 is 1.88 bits per heavy atom. The van der Waals surface area contributed by atoms with Gasteiger partial charge in [0.25, 0.3) is 0 Å². The standard InChI is InChI=1S/C56H38N2S/c1-2-12-42-35-54-51(34-41(42)11-1)49-15-5-7-18-53(49)58(54)45-28-22-38(23-29-45)37-20-26-43(27-21-37)57(46-32-33-56-52(36-46)50-16-6-8-19-55(50)59-56)44-30-24-40(25-31-44)48-17-9-13-39-10-3-4-14-47(39)48/h1-20,22-26,28-36H,21,27H2. The van der Waals surface area contributed by atoms with Crippen molar-refractivity contribution in [3.05, 3.63) is 218 Å². The van der Waals surface area contributed by atoms with Crippen LogP contribution in [0.15, 0.2) is 212 Å². The van der Waals surface area contributed by atoms with E-state index in [1.54, 1.807) is 0 Å². The molecule has 0 atom stereocenters. The van der Waals surface area contributed by atoms with E-state index in [0.717, 1.165) is 12.8 Å². The molecular formula is C56H38N2S. The Labute approximate surface area is 346 Å². The van der Waals surface area contributed by atoms with Crippen molar-refractivity contribution >= 4 is 91.8 Å². The normalized spacial score (nSPS) is 13.2. The lowest BCUT2D eigenvalue weighted by molar-refractivity contribution is 0.930. The van der Waals surface area contributed by atoms with Crippen molar-refractivity contribution in [2.45, 2.75) is 12.8 Å². The van der Waals surface area contributed by atoms with Crippen LogP contribution in [0.5, 0.6) is 0 Å². The molecule has 2 heterocycles. The zero-order valence-electron chi connectivity index (χ0n) is 32.3. The van der Waals surface area contributed by atoms with E-state index < -0.39 is 0 Å². The van der Waals surface area contributed by atoms with E-state index in [2.05, 4.69) is 216 Å². The summed E-state index contributed by atoms with van der Waals surface area (Å²) in [5.74, 6) is 0. The summed E-state index contributed by atoms with van der Waals surface area (Å²) in [6.07, 6.45) is 6.58. The third kappa shape index (κ3) is 5.69. The molecule has 0 fully saturated rings. The molecule has 0 radical (unpaired) electrons. The third-order valence-corrected chi connectivity index (χ3v) is 13.4. The molecule has 2 aromatic heterocycles. The van der Waals surface area contributed by atoms with Gasteiger partial charge in [0.2, 0.25) is 0 Å². The second-order valence-electron chi connectivity index (χ2n) is 15.7. The number of rotatable bonds is 6. The first kappa shape index (κ1) is 33.9. The molecule has 2 nitrogen and oxygen atoms in total. The maximum atomic E-state index is 2.47. The average Bonchev–Trinajstić information content (AvgIpc) is 3.84. The predicted octanol–water partition coefficient (Wildman–Crippen LogP) is 16.0. The summed E-state index contributed by atoms with van der Waals surface area (Å²) >= 11 is 1.87. The Hall–Kier alpha value is -7.20. The van der Waals surface area contributed by atoms with E-state index in [4.69, 9.17) is 0 Å². The van der Waals surface area contributed by atoms with Crippen molar-refractivity contribution in [2.75, 3.05) is 4.90 Å². The van der Waals surface area contributed by atoms with Gasteiger partial charge >= 0.3 is 0 Å². The third-order valence-electron chi connectivity index (χ3n) is 12.3. The first-order valence-corrected chi connectivity index (χ1v) is 21.3. The van der Waals surface area contributed by atoms with Gasteiger partial charge in [0.1, 0.15) is 0 Å². The van der Waals surface area contributed by atoms with Gasteiger partial charge in [-0.3, -0.25) is 0 Å². The molecule has 1 aliphatic carbocycles. The first-order valence-electron chi connectivity index (χ1n) is 20.5. The van der Waals surface area contributed by atoms with E-state index in [9.17, 15) is 0 Å². The Morgan fingerprint density at radius 2 is 1.07 bits per heavy atom. The minimum absolute atomic E-state index is 0.932. The molecule has 12 rings (SSSR count). The number of allylic oxidation sites excluding steroid dienone is 4. The second-order valence-corrected chi connectivity index (χ2v) is 16.7. The molecule has 11 aromatic rings. The summed E-state index contributed by atoms with van der Waals surface area (Å²) in [6.45, 7) is 0. The number of para-hydroxylation sites is 1. The van der Waals surface area contributed by atoms with Crippen LogP contribution in [0.2, 0.25) is 0 Å². The van der Waals surface area contributed by atoms with Crippen LogP contribution in [0.4, 0.5) is 11.4 Å². The molecule has 278 valence electrons. The quantitative estimate of drug-likeness (QED) is 0.163. The summed E-state index contributed by atoms with van der Waals surface area (Å²) in [6, 6.07) is 71.5. The lowest BCUT2D eigenvalue weighted by Crippen LogP contribution is -2.17. The van der Waals surface area contributed by atoms with Crippen LogP contribution >= 0.6 is 11.3 Å². The number of thiophene rings is 1. The fourth-order valence-electron chi connectivity index (χ4n) is 9.41. The van der Waals surface area contributed by atoms with Crippen LogP contribution in [0.1, 0.15) is 18.4 Å². The summed E-state index contributed by atoms with van der Waals surface area (Å²) in [7, 11) is 0. The van der Waals surface area contributed by atoms with E-state index in [1.807, 2.05) is 11.3 Å². The molecule has 59 heavy (non-hydrogen) atoms. The lowest BCUT2D eigenvalue weighted by Gasteiger charge is -2.30. The van der Waals surface area contributed by atoms with Gasteiger partial charge in [0, 0.05) is 53.7 Å². The van der Waals surface area contributed by atoms with Gasteiger partial charge in [-0.15, -0.1) is 11.3 Å². The molecule has 0 saturated heterocycles. The Balaban J connectivity index is 0.922. The Kier molecular flexibility index (Phi) is 7.89. The molecule has 0 saturated carbocycles. The summed E-state index contributed by atoms with van der Waals surface area (Å²) in [5.41, 5.74) is 12.4. The summed E-state index contributed by atoms with van der Waals surface area (Å²) in [5, 5.41) is 10.3. The minimum atomic E-state index is 0.932. The molecule has 0 amide bonds. The Morgan fingerprint density at radius 1 is 0.407 bits per heavy atom. The molecule has 0 N–H and O–H groups in total. The van der Waals surface area contributed by atoms with Crippen LogP contribution in [-0.4, -0.2) is 4.57 Å². The Bertz CT molecular complexity index is 3480.